The van der Waals surface area contributed by atoms with Gasteiger partial charge in [-0.3, -0.25) is 4.79 Å². The molecule has 0 aliphatic rings. The van der Waals surface area contributed by atoms with Crippen LogP contribution in [0, 0.1) is 17.7 Å². The van der Waals surface area contributed by atoms with Gasteiger partial charge < -0.3 is 10.4 Å². The number of aliphatic hydroxyl groups excluding tert-OH is 1. The summed E-state index contributed by atoms with van der Waals surface area (Å²) in [4.78, 5) is 11.8. The number of nitrogens with one attached hydrogen (secondary N) is 1. The van der Waals surface area contributed by atoms with Gasteiger partial charge in [0.2, 0.25) is 5.91 Å². The van der Waals surface area contributed by atoms with Crippen LogP contribution in [0.5, 0.6) is 0 Å². The zero-order valence-corrected chi connectivity index (χ0v) is 12.6. The Balaban J connectivity index is 2.71. The first-order valence-corrected chi connectivity index (χ1v) is 7.13. The third kappa shape index (κ3) is 6.09. The molecule has 108 valence electrons. The van der Waals surface area contributed by atoms with Crippen molar-refractivity contribution in [2.75, 3.05) is 17.7 Å². The van der Waals surface area contributed by atoms with E-state index in [2.05, 4.69) is 17.2 Å². The molecule has 0 atom stereocenters. The van der Waals surface area contributed by atoms with Crippen LogP contribution in [0.15, 0.2) is 18.2 Å². The normalized spacial score (nSPS) is 10.7. The first kappa shape index (κ1) is 16.5. The van der Waals surface area contributed by atoms with Gasteiger partial charge in [0, 0.05) is 10.4 Å². The maximum Gasteiger partial charge on any atom is 0.234 e. The topological polar surface area (TPSA) is 49.3 Å². The molecule has 0 heterocycles. The summed E-state index contributed by atoms with van der Waals surface area (Å²) in [7, 11) is 0. The summed E-state index contributed by atoms with van der Waals surface area (Å²) in [5.74, 6) is 4.59. The highest BCUT2D eigenvalue weighted by Gasteiger charge is 2.13. The summed E-state index contributed by atoms with van der Waals surface area (Å²) in [5, 5.41) is 11.3. The first-order chi connectivity index (χ1) is 9.31. The molecule has 0 saturated heterocycles. The van der Waals surface area contributed by atoms with Crippen molar-refractivity contribution >= 4 is 23.4 Å². The first-order valence-electron chi connectivity index (χ1n) is 6.15. The Morgan fingerprint density at radius 2 is 2.15 bits per heavy atom. The molecule has 5 heteroatoms. The number of hydrogen-bond acceptors (Lipinski definition) is 3. The maximum atomic E-state index is 13.4. The Kier molecular flexibility index (Phi) is 6.05. The number of anilines is 1. The summed E-state index contributed by atoms with van der Waals surface area (Å²) in [6, 6.07) is 4.19. The second kappa shape index (κ2) is 7.32. The number of thioether (sulfide) groups is 1. The van der Waals surface area contributed by atoms with Crippen molar-refractivity contribution in [1.82, 2.24) is 0 Å². The highest BCUT2D eigenvalue weighted by Crippen LogP contribution is 2.23. The van der Waals surface area contributed by atoms with E-state index in [1.807, 2.05) is 20.8 Å². The van der Waals surface area contributed by atoms with Crippen LogP contribution in [-0.4, -0.2) is 28.1 Å². The fraction of sp³-hybridized carbons (Fsp3) is 0.400. The highest BCUT2D eigenvalue weighted by molar-refractivity contribution is 8.01. The fourth-order valence-electron chi connectivity index (χ4n) is 1.31. The van der Waals surface area contributed by atoms with E-state index in [1.165, 1.54) is 30.0 Å². The molecule has 1 rings (SSSR count). The van der Waals surface area contributed by atoms with Crippen molar-refractivity contribution in [3.8, 4) is 11.8 Å². The smallest absolute Gasteiger partial charge is 0.234 e. The van der Waals surface area contributed by atoms with Gasteiger partial charge in [0.05, 0.1) is 11.3 Å². The SMILES string of the molecule is CC(C)(C)SCC(=O)Nc1ccc(F)c(C#CCO)c1. The number of carbonyl (C=O) groups excluding carboxylic acids is 1. The Hall–Kier alpha value is -1.51. The average Bonchev–Trinajstić information content (AvgIpc) is 2.36. The van der Waals surface area contributed by atoms with Gasteiger partial charge in [-0.1, -0.05) is 32.6 Å². The lowest BCUT2D eigenvalue weighted by Crippen LogP contribution is -2.19. The summed E-state index contributed by atoms with van der Waals surface area (Å²) in [6.07, 6.45) is 0. The van der Waals surface area contributed by atoms with Gasteiger partial charge in [-0.05, 0) is 18.2 Å². The number of benzene rings is 1. The maximum absolute atomic E-state index is 13.4. The Morgan fingerprint density at radius 1 is 1.45 bits per heavy atom. The molecule has 20 heavy (non-hydrogen) atoms. The van der Waals surface area contributed by atoms with E-state index in [9.17, 15) is 9.18 Å². The molecule has 0 bridgehead atoms. The Morgan fingerprint density at radius 3 is 2.75 bits per heavy atom. The lowest BCUT2D eigenvalue weighted by Gasteiger charge is -2.17. The van der Waals surface area contributed by atoms with Gasteiger partial charge in [-0.25, -0.2) is 4.39 Å². The van der Waals surface area contributed by atoms with Crippen molar-refractivity contribution in [3.63, 3.8) is 0 Å². The predicted molar refractivity (Wildman–Crippen MR) is 81.2 cm³/mol. The number of rotatable bonds is 3. The quantitative estimate of drug-likeness (QED) is 0.843. The van der Waals surface area contributed by atoms with E-state index in [1.54, 1.807) is 0 Å². The summed E-state index contributed by atoms with van der Waals surface area (Å²) < 4.78 is 13.4. The molecule has 0 aliphatic carbocycles. The monoisotopic (exact) mass is 295 g/mol. The molecule has 1 amide bonds. The van der Waals surface area contributed by atoms with E-state index in [-0.39, 0.29) is 22.8 Å². The van der Waals surface area contributed by atoms with Crippen LogP contribution in [0.2, 0.25) is 0 Å². The van der Waals surface area contributed by atoms with Gasteiger partial charge in [0.1, 0.15) is 12.4 Å². The van der Waals surface area contributed by atoms with Gasteiger partial charge in [0.15, 0.2) is 0 Å². The molecule has 0 aromatic heterocycles. The molecule has 2 N–H and O–H groups in total. The standard InChI is InChI=1S/C15H18FNO2S/c1-15(2,3)20-10-14(19)17-12-6-7-13(16)11(9-12)5-4-8-18/h6-7,9,18H,8,10H2,1-3H3,(H,17,19). The van der Waals surface area contributed by atoms with E-state index in [0.717, 1.165) is 0 Å². The second-order valence-electron chi connectivity index (χ2n) is 5.10. The van der Waals surface area contributed by atoms with Crippen LogP contribution in [0.25, 0.3) is 0 Å². The van der Waals surface area contributed by atoms with Gasteiger partial charge in [0.25, 0.3) is 0 Å². The molecule has 0 spiro atoms. The lowest BCUT2D eigenvalue weighted by atomic mass is 10.2. The molecule has 0 fully saturated rings. The molecular weight excluding hydrogens is 277 g/mol. The highest BCUT2D eigenvalue weighted by atomic mass is 32.2. The van der Waals surface area contributed by atoms with Crippen LogP contribution in [0.3, 0.4) is 0 Å². The number of aliphatic hydroxyl groups is 1. The summed E-state index contributed by atoms with van der Waals surface area (Å²) in [5.41, 5.74) is 0.647. The minimum Gasteiger partial charge on any atom is -0.384 e. The van der Waals surface area contributed by atoms with Crippen molar-refractivity contribution in [1.29, 1.82) is 0 Å². The van der Waals surface area contributed by atoms with Crippen molar-refractivity contribution in [3.05, 3.63) is 29.6 Å². The van der Waals surface area contributed by atoms with Crippen LogP contribution in [-0.2, 0) is 4.79 Å². The van der Waals surface area contributed by atoms with Crippen molar-refractivity contribution in [2.45, 2.75) is 25.5 Å². The van der Waals surface area contributed by atoms with Gasteiger partial charge in [-0.2, -0.15) is 0 Å². The largest absolute Gasteiger partial charge is 0.384 e. The molecular formula is C15H18FNO2S. The van der Waals surface area contributed by atoms with E-state index in [0.29, 0.717) is 11.4 Å². The zero-order chi connectivity index (χ0) is 15.2. The summed E-state index contributed by atoms with van der Waals surface area (Å²) in [6.45, 7) is 5.76. The molecule has 1 aromatic carbocycles. The molecule has 0 radical (unpaired) electrons. The molecule has 0 saturated carbocycles. The van der Waals surface area contributed by atoms with E-state index >= 15 is 0 Å². The second-order valence-corrected chi connectivity index (χ2v) is 6.91. The number of carbonyl (C=O) groups is 1. The van der Waals surface area contributed by atoms with Crippen LogP contribution >= 0.6 is 11.8 Å². The van der Waals surface area contributed by atoms with Crippen LogP contribution in [0.1, 0.15) is 26.3 Å². The third-order valence-corrected chi connectivity index (χ3v) is 3.46. The Labute approximate surface area is 123 Å². The molecule has 0 unspecified atom stereocenters. The molecule has 3 nitrogen and oxygen atoms in total. The van der Waals surface area contributed by atoms with Gasteiger partial charge in [-0.15, -0.1) is 11.8 Å². The fourth-order valence-corrected chi connectivity index (χ4v) is 1.95. The van der Waals surface area contributed by atoms with E-state index in [4.69, 9.17) is 5.11 Å². The van der Waals surface area contributed by atoms with Crippen LogP contribution in [0.4, 0.5) is 10.1 Å². The van der Waals surface area contributed by atoms with E-state index < -0.39 is 5.82 Å². The van der Waals surface area contributed by atoms with Gasteiger partial charge >= 0.3 is 0 Å². The number of halogens is 1. The van der Waals surface area contributed by atoms with Crippen molar-refractivity contribution < 1.29 is 14.3 Å². The third-order valence-electron chi connectivity index (χ3n) is 2.19. The number of hydrogen-bond donors (Lipinski definition) is 2. The van der Waals surface area contributed by atoms with Crippen molar-refractivity contribution in [2.24, 2.45) is 0 Å². The minimum absolute atomic E-state index is 0.0118. The predicted octanol–water partition coefficient (Wildman–Crippen LogP) is 2.64. The van der Waals surface area contributed by atoms with Crippen LogP contribution < -0.4 is 5.32 Å². The summed E-state index contributed by atoms with van der Waals surface area (Å²) >= 11 is 1.54. The zero-order valence-electron chi connectivity index (χ0n) is 11.8. The lowest BCUT2D eigenvalue weighted by molar-refractivity contribution is -0.113. The molecule has 0 aliphatic heterocycles. The Bertz CT molecular complexity index is 541. The number of amides is 1. The minimum atomic E-state index is -0.479. The average molecular weight is 295 g/mol. The molecule has 1 aromatic rings.